The monoisotopic (exact) mass is 673 g/mol. The van der Waals surface area contributed by atoms with Crippen molar-refractivity contribution in [3.8, 4) is 11.1 Å². The third-order valence-corrected chi connectivity index (χ3v) is 8.71. The van der Waals surface area contributed by atoms with Crippen LogP contribution in [-0.2, 0) is 30.4 Å². The van der Waals surface area contributed by atoms with Gasteiger partial charge in [-0.25, -0.2) is 4.79 Å². The number of likely N-dealkylation sites (N-methyl/N-ethyl adjacent to an activating group) is 1. The summed E-state index contributed by atoms with van der Waals surface area (Å²) in [4.78, 5) is 30.8. The van der Waals surface area contributed by atoms with Gasteiger partial charge in [-0.2, -0.15) is 13.2 Å². The number of rotatable bonds is 11. The average molecular weight is 674 g/mol. The lowest BCUT2D eigenvalue weighted by atomic mass is 9.91. The fraction of sp³-hybridized carbons (Fsp3) is 0.146. The summed E-state index contributed by atoms with van der Waals surface area (Å²) in [6.07, 6.45) is -2.33. The molecule has 6 nitrogen and oxygen atoms in total. The molecule has 5 aromatic carbocycles. The number of carbonyl (C=O) groups is 2. The van der Waals surface area contributed by atoms with E-state index < -0.39 is 29.7 Å². The Morgan fingerprint density at radius 1 is 0.800 bits per heavy atom. The maximum atomic E-state index is 14.0. The number of hydrogen-bond donors (Lipinski definition) is 2. The number of nitrogens with zero attached hydrogens (tertiary/aromatic N) is 2. The molecule has 0 saturated carbocycles. The smallest absolute Gasteiger partial charge is 0.418 e. The average Bonchev–Trinajstić information content (AvgIpc) is 3.12. The van der Waals surface area contributed by atoms with Crippen molar-refractivity contribution in [1.82, 2.24) is 9.88 Å². The van der Waals surface area contributed by atoms with Gasteiger partial charge in [0.05, 0.1) is 11.1 Å². The molecule has 0 saturated heterocycles. The van der Waals surface area contributed by atoms with Crippen LogP contribution >= 0.6 is 0 Å². The lowest BCUT2D eigenvalue weighted by molar-refractivity contribution is -0.142. The first-order valence-electron chi connectivity index (χ1n) is 16.1. The molecule has 6 aromatic rings. The second-order valence-corrected chi connectivity index (χ2v) is 12.1. The summed E-state index contributed by atoms with van der Waals surface area (Å²) in [6.45, 7) is 0.408. The van der Waals surface area contributed by atoms with Gasteiger partial charge in [0.2, 0.25) is 0 Å². The number of aromatic nitrogens is 1. The molecule has 2 N–H and O–H groups in total. The Kier molecular flexibility index (Phi) is 9.94. The summed E-state index contributed by atoms with van der Waals surface area (Å²) in [5.74, 6) is -1.48. The fourth-order valence-corrected chi connectivity index (χ4v) is 6.11. The van der Waals surface area contributed by atoms with E-state index in [0.29, 0.717) is 29.5 Å². The Morgan fingerprint density at radius 3 is 2.12 bits per heavy atom. The van der Waals surface area contributed by atoms with Crippen molar-refractivity contribution in [2.75, 3.05) is 12.4 Å². The summed E-state index contributed by atoms with van der Waals surface area (Å²) in [6, 6.07) is 36.5. The van der Waals surface area contributed by atoms with Crippen LogP contribution < -0.4 is 5.32 Å². The zero-order chi connectivity index (χ0) is 35.3. The fourth-order valence-electron chi connectivity index (χ4n) is 6.11. The van der Waals surface area contributed by atoms with Crippen LogP contribution in [0.15, 0.2) is 134 Å². The molecule has 1 heterocycles. The number of para-hydroxylation sites is 1. The molecule has 9 heteroatoms. The Balaban J connectivity index is 1.22. The second-order valence-electron chi connectivity index (χ2n) is 12.1. The summed E-state index contributed by atoms with van der Waals surface area (Å²) >= 11 is 0. The van der Waals surface area contributed by atoms with Crippen molar-refractivity contribution in [2.24, 2.45) is 0 Å². The van der Waals surface area contributed by atoms with E-state index in [0.717, 1.165) is 39.6 Å². The van der Waals surface area contributed by atoms with Crippen molar-refractivity contribution in [2.45, 2.75) is 31.6 Å². The minimum absolute atomic E-state index is 0.0970. The highest BCUT2D eigenvalue weighted by Crippen LogP contribution is 2.39. The van der Waals surface area contributed by atoms with Crippen LogP contribution in [-0.4, -0.2) is 40.0 Å². The van der Waals surface area contributed by atoms with E-state index in [-0.39, 0.29) is 11.9 Å². The summed E-state index contributed by atoms with van der Waals surface area (Å²) < 4.78 is 42.0. The summed E-state index contributed by atoms with van der Waals surface area (Å²) in [5.41, 5.74) is 5.20. The number of anilines is 1. The SMILES string of the molecule is CN(C(=O)c1ccc(CNc2cccc(-c3c(Cc4ccccc4)cnc4c(C(F)(F)F)cccc34)c2)cc1)[C@H](Cc1ccccc1)C(=O)O. The van der Waals surface area contributed by atoms with Crippen molar-refractivity contribution in [3.63, 3.8) is 0 Å². The number of aliphatic carboxylic acids is 1. The van der Waals surface area contributed by atoms with Gasteiger partial charge in [0.15, 0.2) is 0 Å². The highest BCUT2D eigenvalue weighted by atomic mass is 19.4. The number of amides is 1. The van der Waals surface area contributed by atoms with E-state index in [1.807, 2.05) is 84.9 Å². The van der Waals surface area contributed by atoms with Crippen LogP contribution in [0.3, 0.4) is 0 Å². The number of halogens is 3. The first-order chi connectivity index (χ1) is 24.1. The number of hydrogen-bond acceptors (Lipinski definition) is 4. The Hall–Kier alpha value is -5.96. The third-order valence-electron chi connectivity index (χ3n) is 8.71. The van der Waals surface area contributed by atoms with E-state index in [1.165, 1.54) is 18.0 Å². The molecule has 0 bridgehead atoms. The normalized spacial score (nSPS) is 12.0. The number of carboxylic acid groups (broad SMARTS) is 1. The number of carbonyl (C=O) groups excluding carboxylic acids is 1. The van der Waals surface area contributed by atoms with Crippen molar-refractivity contribution in [1.29, 1.82) is 0 Å². The predicted octanol–water partition coefficient (Wildman–Crippen LogP) is 8.89. The van der Waals surface area contributed by atoms with Crippen molar-refractivity contribution < 1.29 is 27.9 Å². The summed E-state index contributed by atoms with van der Waals surface area (Å²) in [5, 5.41) is 13.7. The van der Waals surface area contributed by atoms with Crippen LogP contribution in [0.1, 0.15) is 38.2 Å². The molecule has 6 rings (SSSR count). The van der Waals surface area contributed by atoms with E-state index in [2.05, 4.69) is 10.3 Å². The van der Waals surface area contributed by atoms with Gasteiger partial charge in [-0.15, -0.1) is 0 Å². The van der Waals surface area contributed by atoms with E-state index in [9.17, 15) is 27.9 Å². The molecule has 252 valence electrons. The molecule has 0 unspecified atom stereocenters. The number of fused-ring (bicyclic) bond motifs is 1. The van der Waals surface area contributed by atoms with Gasteiger partial charge < -0.3 is 15.3 Å². The minimum Gasteiger partial charge on any atom is -0.480 e. The molecule has 1 aromatic heterocycles. The molecule has 0 fully saturated rings. The molecular formula is C41H34F3N3O3. The van der Waals surface area contributed by atoms with Crippen LogP contribution in [0.2, 0.25) is 0 Å². The lowest BCUT2D eigenvalue weighted by Crippen LogP contribution is -2.43. The highest BCUT2D eigenvalue weighted by molar-refractivity contribution is 5.98. The lowest BCUT2D eigenvalue weighted by Gasteiger charge is -2.25. The van der Waals surface area contributed by atoms with E-state index >= 15 is 0 Å². The maximum absolute atomic E-state index is 14.0. The van der Waals surface area contributed by atoms with E-state index in [1.54, 1.807) is 36.5 Å². The number of alkyl halides is 3. The van der Waals surface area contributed by atoms with Crippen LogP contribution in [0.4, 0.5) is 18.9 Å². The Bertz CT molecular complexity index is 2120. The van der Waals surface area contributed by atoms with Gasteiger partial charge in [-0.3, -0.25) is 9.78 Å². The number of benzene rings is 5. The van der Waals surface area contributed by atoms with Gasteiger partial charge in [-0.05, 0) is 70.1 Å². The maximum Gasteiger partial charge on any atom is 0.418 e. The topological polar surface area (TPSA) is 82.5 Å². The first kappa shape index (κ1) is 33.9. The summed E-state index contributed by atoms with van der Waals surface area (Å²) in [7, 11) is 1.49. The zero-order valence-electron chi connectivity index (χ0n) is 27.2. The quantitative estimate of drug-likeness (QED) is 0.144. The molecule has 0 radical (unpaired) electrons. The molecule has 0 spiro atoms. The molecular weight excluding hydrogens is 639 g/mol. The van der Waals surface area contributed by atoms with Crippen molar-refractivity contribution in [3.05, 3.63) is 167 Å². The molecule has 50 heavy (non-hydrogen) atoms. The molecule has 1 atom stereocenters. The van der Waals surface area contributed by atoms with Gasteiger partial charge in [0.25, 0.3) is 5.91 Å². The first-order valence-corrected chi connectivity index (χ1v) is 16.1. The second kappa shape index (κ2) is 14.7. The Morgan fingerprint density at radius 2 is 1.46 bits per heavy atom. The van der Waals surface area contributed by atoms with E-state index in [4.69, 9.17) is 0 Å². The number of nitrogens with one attached hydrogen (secondary N) is 1. The van der Waals surface area contributed by atoms with Gasteiger partial charge in [-0.1, -0.05) is 97.1 Å². The minimum atomic E-state index is -4.55. The number of pyridine rings is 1. The van der Waals surface area contributed by atoms with Gasteiger partial charge in [0, 0.05) is 42.8 Å². The molecule has 1 amide bonds. The standard InChI is InChI=1S/C41H34F3N3O3/c1-47(36(40(49)50)23-28-12-6-3-7-13-28)39(48)30-20-18-29(19-21-30)25-45-33-15-8-14-31(24-33)37-32(22-27-10-4-2-5-11-27)26-46-38-34(37)16-9-17-35(38)41(42,43)44/h2-21,24,26,36,45H,22-23,25H2,1H3,(H,49,50)/t36-/m1/s1. The number of carboxylic acids is 1. The Labute approximate surface area is 287 Å². The molecule has 0 aliphatic heterocycles. The highest BCUT2D eigenvalue weighted by Gasteiger charge is 2.34. The predicted molar refractivity (Wildman–Crippen MR) is 189 cm³/mol. The zero-order valence-corrected chi connectivity index (χ0v) is 27.2. The van der Waals surface area contributed by atoms with Crippen LogP contribution in [0, 0.1) is 0 Å². The molecule has 0 aliphatic carbocycles. The van der Waals surface area contributed by atoms with Crippen LogP contribution in [0.5, 0.6) is 0 Å². The van der Waals surface area contributed by atoms with Crippen LogP contribution in [0.25, 0.3) is 22.0 Å². The third kappa shape index (κ3) is 7.68. The van der Waals surface area contributed by atoms with Gasteiger partial charge in [0.1, 0.15) is 6.04 Å². The van der Waals surface area contributed by atoms with Gasteiger partial charge >= 0.3 is 12.1 Å². The molecule has 0 aliphatic rings. The largest absolute Gasteiger partial charge is 0.480 e. The van der Waals surface area contributed by atoms with Crippen molar-refractivity contribution >= 4 is 28.5 Å².